The Hall–Kier alpha value is -3.13. The SMILES string of the molecule is Cc1ccc(-c2nc3c(c(=O)[nH]2)CCN(Cc2ccccc2OC(F)(F)F)C3)cc1. The minimum absolute atomic E-state index is 0.170. The quantitative estimate of drug-likeness (QED) is 0.694. The first kappa shape index (κ1) is 20.2. The number of aryl methyl sites for hydroxylation is 1. The number of nitrogens with zero attached hydrogens (tertiary/aromatic N) is 2. The minimum atomic E-state index is -4.75. The Morgan fingerprint density at radius 1 is 1.13 bits per heavy atom. The van der Waals surface area contributed by atoms with E-state index in [0.29, 0.717) is 42.2 Å². The molecule has 0 fully saturated rings. The zero-order valence-electron chi connectivity index (χ0n) is 16.3. The second-order valence-corrected chi connectivity index (χ2v) is 7.32. The van der Waals surface area contributed by atoms with Crippen LogP contribution in [0.15, 0.2) is 53.3 Å². The van der Waals surface area contributed by atoms with Crippen molar-refractivity contribution in [2.24, 2.45) is 0 Å². The van der Waals surface area contributed by atoms with Gasteiger partial charge < -0.3 is 9.72 Å². The number of fused-ring (bicyclic) bond motifs is 1. The van der Waals surface area contributed by atoms with Crippen molar-refractivity contribution in [3.05, 3.63) is 81.3 Å². The molecular formula is C22H20F3N3O2. The minimum Gasteiger partial charge on any atom is -0.405 e. The van der Waals surface area contributed by atoms with Gasteiger partial charge in [0.1, 0.15) is 11.6 Å². The fourth-order valence-electron chi connectivity index (χ4n) is 3.58. The van der Waals surface area contributed by atoms with Crippen LogP contribution in [-0.4, -0.2) is 27.8 Å². The standard InChI is InChI=1S/C22H20F3N3O2/c1-14-6-8-15(9-7-14)20-26-18-13-28(11-10-17(18)21(29)27-20)12-16-4-2-3-5-19(16)30-22(23,24)25/h2-9H,10-13H2,1H3,(H,26,27,29). The molecule has 0 bridgehead atoms. The van der Waals surface area contributed by atoms with Crippen molar-refractivity contribution in [2.45, 2.75) is 32.8 Å². The Bertz CT molecular complexity index is 1110. The predicted molar refractivity (Wildman–Crippen MR) is 106 cm³/mol. The summed E-state index contributed by atoms with van der Waals surface area (Å²) in [5.41, 5.74) is 3.45. The third-order valence-corrected chi connectivity index (χ3v) is 5.07. The van der Waals surface area contributed by atoms with Crippen LogP contribution in [0.5, 0.6) is 5.75 Å². The van der Waals surface area contributed by atoms with Crippen LogP contribution in [0.3, 0.4) is 0 Å². The number of para-hydroxylation sites is 1. The monoisotopic (exact) mass is 415 g/mol. The van der Waals surface area contributed by atoms with E-state index in [0.717, 1.165) is 11.1 Å². The summed E-state index contributed by atoms with van der Waals surface area (Å²) >= 11 is 0. The summed E-state index contributed by atoms with van der Waals surface area (Å²) in [4.78, 5) is 22.0. The molecule has 1 N–H and O–H groups in total. The van der Waals surface area contributed by atoms with Crippen LogP contribution in [0.25, 0.3) is 11.4 Å². The molecule has 8 heteroatoms. The van der Waals surface area contributed by atoms with Crippen molar-refractivity contribution in [3.63, 3.8) is 0 Å². The average molecular weight is 415 g/mol. The van der Waals surface area contributed by atoms with Crippen molar-refractivity contribution in [1.82, 2.24) is 14.9 Å². The van der Waals surface area contributed by atoms with Crippen molar-refractivity contribution in [3.8, 4) is 17.1 Å². The topological polar surface area (TPSA) is 58.2 Å². The number of nitrogens with one attached hydrogen (secondary N) is 1. The van der Waals surface area contributed by atoms with Gasteiger partial charge in [0.2, 0.25) is 0 Å². The number of aromatic nitrogens is 2. The van der Waals surface area contributed by atoms with Crippen molar-refractivity contribution < 1.29 is 17.9 Å². The van der Waals surface area contributed by atoms with Gasteiger partial charge in [-0.25, -0.2) is 4.98 Å². The van der Waals surface area contributed by atoms with Gasteiger partial charge in [-0.3, -0.25) is 9.69 Å². The summed E-state index contributed by atoms with van der Waals surface area (Å²) in [6.07, 6.45) is -4.27. The van der Waals surface area contributed by atoms with Crippen molar-refractivity contribution in [2.75, 3.05) is 6.54 Å². The van der Waals surface area contributed by atoms with Gasteiger partial charge in [-0.05, 0) is 19.4 Å². The molecule has 0 saturated carbocycles. The Morgan fingerprint density at radius 3 is 2.60 bits per heavy atom. The lowest BCUT2D eigenvalue weighted by Crippen LogP contribution is -2.35. The highest BCUT2D eigenvalue weighted by atomic mass is 19.4. The maximum atomic E-state index is 12.7. The van der Waals surface area contributed by atoms with E-state index in [9.17, 15) is 18.0 Å². The van der Waals surface area contributed by atoms with Crippen LogP contribution < -0.4 is 10.3 Å². The molecule has 1 aliphatic heterocycles. The van der Waals surface area contributed by atoms with E-state index in [1.807, 2.05) is 36.1 Å². The smallest absolute Gasteiger partial charge is 0.405 e. The third kappa shape index (κ3) is 4.54. The van der Waals surface area contributed by atoms with Crippen LogP contribution in [0.4, 0.5) is 13.2 Å². The third-order valence-electron chi connectivity index (χ3n) is 5.07. The highest BCUT2D eigenvalue weighted by Crippen LogP contribution is 2.28. The Morgan fingerprint density at radius 2 is 1.87 bits per heavy atom. The van der Waals surface area contributed by atoms with E-state index >= 15 is 0 Å². The first-order valence-electron chi connectivity index (χ1n) is 9.53. The molecule has 30 heavy (non-hydrogen) atoms. The zero-order valence-corrected chi connectivity index (χ0v) is 16.3. The zero-order chi connectivity index (χ0) is 21.3. The maximum absolute atomic E-state index is 12.7. The van der Waals surface area contributed by atoms with Gasteiger partial charge in [-0.15, -0.1) is 13.2 Å². The lowest BCUT2D eigenvalue weighted by Gasteiger charge is -2.28. The van der Waals surface area contributed by atoms with Gasteiger partial charge >= 0.3 is 6.36 Å². The molecule has 1 aliphatic rings. The van der Waals surface area contributed by atoms with Gasteiger partial charge in [-0.1, -0.05) is 48.0 Å². The van der Waals surface area contributed by atoms with E-state index in [2.05, 4.69) is 14.7 Å². The van der Waals surface area contributed by atoms with Crippen molar-refractivity contribution in [1.29, 1.82) is 0 Å². The van der Waals surface area contributed by atoms with Gasteiger partial charge in [0, 0.05) is 36.3 Å². The lowest BCUT2D eigenvalue weighted by molar-refractivity contribution is -0.275. The highest BCUT2D eigenvalue weighted by Gasteiger charge is 2.32. The number of aromatic amines is 1. The fourth-order valence-corrected chi connectivity index (χ4v) is 3.58. The molecule has 0 atom stereocenters. The Kier molecular flexibility index (Phi) is 5.34. The summed E-state index contributed by atoms with van der Waals surface area (Å²) in [6.45, 7) is 3.16. The normalized spacial score (nSPS) is 14.4. The predicted octanol–water partition coefficient (Wildman–Crippen LogP) is 4.20. The molecule has 0 unspecified atom stereocenters. The van der Waals surface area contributed by atoms with E-state index in [1.165, 1.54) is 12.1 Å². The molecule has 5 nitrogen and oxygen atoms in total. The van der Waals surface area contributed by atoms with Gasteiger partial charge in [0.15, 0.2) is 0 Å². The number of alkyl halides is 3. The average Bonchev–Trinajstić information content (AvgIpc) is 2.69. The molecule has 2 aromatic carbocycles. The molecule has 0 aliphatic carbocycles. The second kappa shape index (κ2) is 7.95. The van der Waals surface area contributed by atoms with E-state index in [1.54, 1.807) is 12.1 Å². The molecule has 1 aromatic heterocycles. The van der Waals surface area contributed by atoms with Crippen molar-refractivity contribution >= 4 is 0 Å². The van der Waals surface area contributed by atoms with Crippen LogP contribution in [0.1, 0.15) is 22.4 Å². The summed E-state index contributed by atoms with van der Waals surface area (Å²) in [6, 6.07) is 13.8. The molecule has 0 saturated heterocycles. The number of benzene rings is 2. The number of halogens is 3. The molecule has 3 aromatic rings. The molecule has 4 rings (SSSR count). The van der Waals surface area contributed by atoms with Crippen LogP contribution >= 0.6 is 0 Å². The summed E-state index contributed by atoms with van der Waals surface area (Å²) in [5, 5.41) is 0. The Balaban J connectivity index is 1.58. The largest absolute Gasteiger partial charge is 0.573 e. The van der Waals surface area contributed by atoms with E-state index < -0.39 is 6.36 Å². The van der Waals surface area contributed by atoms with Crippen LogP contribution in [0, 0.1) is 6.92 Å². The van der Waals surface area contributed by atoms with Crippen LogP contribution in [0.2, 0.25) is 0 Å². The molecule has 2 heterocycles. The first-order valence-corrected chi connectivity index (χ1v) is 9.53. The summed E-state index contributed by atoms with van der Waals surface area (Å²) in [5.74, 6) is 0.274. The fraction of sp³-hybridized carbons (Fsp3) is 0.273. The molecule has 0 amide bonds. The molecule has 0 radical (unpaired) electrons. The summed E-state index contributed by atoms with van der Waals surface area (Å²) in [7, 11) is 0. The maximum Gasteiger partial charge on any atom is 0.573 e. The number of rotatable bonds is 4. The van der Waals surface area contributed by atoms with E-state index in [4.69, 9.17) is 0 Å². The van der Waals surface area contributed by atoms with Gasteiger partial charge in [0.05, 0.1) is 5.69 Å². The number of hydrogen-bond acceptors (Lipinski definition) is 4. The van der Waals surface area contributed by atoms with Gasteiger partial charge in [0.25, 0.3) is 5.56 Å². The highest BCUT2D eigenvalue weighted by molar-refractivity contribution is 5.55. The van der Waals surface area contributed by atoms with E-state index in [-0.39, 0.29) is 17.9 Å². The summed E-state index contributed by atoms with van der Waals surface area (Å²) < 4.78 is 42.2. The number of ether oxygens (including phenoxy) is 1. The molecule has 0 spiro atoms. The van der Waals surface area contributed by atoms with Gasteiger partial charge in [-0.2, -0.15) is 0 Å². The second-order valence-electron chi connectivity index (χ2n) is 7.32. The molecule has 156 valence electrons. The number of H-pyrrole nitrogens is 1. The Labute approximate surface area is 171 Å². The first-order chi connectivity index (χ1) is 14.3. The number of hydrogen-bond donors (Lipinski definition) is 1. The molecular weight excluding hydrogens is 395 g/mol. The van der Waals surface area contributed by atoms with Crippen LogP contribution in [-0.2, 0) is 19.5 Å². The lowest BCUT2D eigenvalue weighted by atomic mass is 10.0.